The maximum Gasteiger partial charge on any atom is 0.304 e. The fourth-order valence-electron chi connectivity index (χ4n) is 0.954. The number of thioether (sulfide) groups is 1. The number of carboxylic acids is 1. The van der Waals surface area contributed by atoms with Crippen LogP contribution in [0.4, 0.5) is 0 Å². The van der Waals surface area contributed by atoms with Gasteiger partial charge in [-0.3, -0.25) is 9.59 Å². The van der Waals surface area contributed by atoms with Gasteiger partial charge in [0.15, 0.2) is 0 Å². The molecule has 0 spiro atoms. The van der Waals surface area contributed by atoms with E-state index < -0.39 is 5.97 Å². The maximum absolute atomic E-state index is 11.1. The van der Waals surface area contributed by atoms with Crippen LogP contribution in [0.5, 0.6) is 0 Å². The highest BCUT2D eigenvalue weighted by Crippen LogP contribution is 2.18. The first-order valence-electron chi connectivity index (χ1n) is 4.77. The monoisotopic (exact) mass is 217 g/mol. The number of nitrogens with one attached hydrogen (secondary N) is 1. The fraction of sp³-hybridized carbons (Fsp3) is 0.778. The van der Waals surface area contributed by atoms with Crippen molar-refractivity contribution in [3.8, 4) is 0 Å². The molecule has 0 bridgehead atoms. The Hall–Kier alpha value is -0.710. The summed E-state index contributed by atoms with van der Waals surface area (Å²) in [5.41, 5.74) is 0. The molecule has 1 amide bonds. The molecule has 1 rings (SSSR count). The third-order valence-corrected chi connectivity index (χ3v) is 2.86. The highest BCUT2D eigenvalue weighted by Gasteiger charge is 2.22. The van der Waals surface area contributed by atoms with E-state index in [4.69, 9.17) is 5.11 Å². The molecule has 0 atom stereocenters. The minimum absolute atomic E-state index is 0.0929. The summed E-state index contributed by atoms with van der Waals surface area (Å²) in [6.07, 6.45) is 2.89. The van der Waals surface area contributed by atoms with Crippen LogP contribution in [0.15, 0.2) is 0 Å². The van der Waals surface area contributed by atoms with E-state index in [2.05, 4.69) is 5.32 Å². The smallest absolute Gasteiger partial charge is 0.304 e. The third kappa shape index (κ3) is 5.85. The molecule has 5 heteroatoms. The van der Waals surface area contributed by atoms with Crippen LogP contribution in [0.1, 0.15) is 25.7 Å². The van der Waals surface area contributed by atoms with E-state index in [-0.39, 0.29) is 12.3 Å². The van der Waals surface area contributed by atoms with Crippen LogP contribution in [0, 0.1) is 0 Å². The average molecular weight is 217 g/mol. The topological polar surface area (TPSA) is 66.4 Å². The molecule has 0 heterocycles. The van der Waals surface area contributed by atoms with Crippen molar-refractivity contribution in [3.63, 3.8) is 0 Å². The highest BCUT2D eigenvalue weighted by atomic mass is 32.2. The van der Waals surface area contributed by atoms with Crippen LogP contribution in [0.2, 0.25) is 0 Å². The van der Waals surface area contributed by atoms with E-state index in [0.717, 1.165) is 12.8 Å². The lowest BCUT2D eigenvalue weighted by Gasteiger charge is -2.02. The Labute approximate surface area is 87.4 Å². The zero-order chi connectivity index (χ0) is 10.4. The van der Waals surface area contributed by atoms with Crippen molar-refractivity contribution in [3.05, 3.63) is 0 Å². The summed E-state index contributed by atoms with van der Waals surface area (Å²) in [5, 5.41) is 11.2. The van der Waals surface area contributed by atoms with Crippen LogP contribution in [0.25, 0.3) is 0 Å². The second-order valence-electron chi connectivity index (χ2n) is 3.35. The van der Waals surface area contributed by atoms with Gasteiger partial charge in [0.2, 0.25) is 5.91 Å². The molecule has 0 aromatic rings. The van der Waals surface area contributed by atoms with Crippen LogP contribution < -0.4 is 5.32 Å². The Bertz CT molecular complexity index is 216. The van der Waals surface area contributed by atoms with Crippen LogP contribution in [-0.4, -0.2) is 34.5 Å². The van der Waals surface area contributed by atoms with E-state index in [0.29, 0.717) is 24.0 Å². The van der Waals surface area contributed by atoms with Crippen LogP contribution in [-0.2, 0) is 9.59 Å². The molecule has 80 valence electrons. The molecule has 1 fully saturated rings. The number of carbonyl (C=O) groups excluding carboxylic acids is 1. The molecular formula is C9H15NO3S. The fourth-order valence-corrected chi connectivity index (χ4v) is 1.81. The number of amides is 1. The first kappa shape index (κ1) is 11.4. The lowest BCUT2D eigenvalue weighted by atomic mass is 10.4. The molecule has 4 nitrogen and oxygen atoms in total. The minimum Gasteiger partial charge on any atom is -0.481 e. The number of hydrogen-bond donors (Lipinski definition) is 2. The van der Waals surface area contributed by atoms with Gasteiger partial charge in [0.25, 0.3) is 0 Å². The van der Waals surface area contributed by atoms with E-state index in [1.165, 1.54) is 11.8 Å². The van der Waals surface area contributed by atoms with Crippen molar-refractivity contribution in [2.75, 3.05) is 11.5 Å². The zero-order valence-electron chi connectivity index (χ0n) is 7.99. The second-order valence-corrected chi connectivity index (χ2v) is 4.57. The first-order valence-corrected chi connectivity index (χ1v) is 5.93. The molecular weight excluding hydrogens is 202 g/mol. The van der Waals surface area contributed by atoms with Crippen molar-refractivity contribution in [1.82, 2.24) is 5.32 Å². The van der Waals surface area contributed by atoms with Crippen LogP contribution in [0.3, 0.4) is 0 Å². The van der Waals surface area contributed by atoms with E-state index in [1.54, 1.807) is 0 Å². The number of aliphatic carboxylic acids is 1. The predicted octanol–water partition coefficient (Wildman–Crippen LogP) is 0.863. The van der Waals surface area contributed by atoms with Gasteiger partial charge in [-0.15, -0.1) is 0 Å². The Morgan fingerprint density at radius 2 is 1.93 bits per heavy atom. The zero-order valence-corrected chi connectivity index (χ0v) is 8.81. The summed E-state index contributed by atoms with van der Waals surface area (Å²) in [6.45, 7) is 0. The molecule has 1 saturated carbocycles. The van der Waals surface area contributed by atoms with Crippen molar-refractivity contribution in [2.45, 2.75) is 31.7 Å². The molecule has 0 saturated heterocycles. The Morgan fingerprint density at radius 1 is 1.29 bits per heavy atom. The summed E-state index contributed by atoms with van der Waals surface area (Å²) >= 11 is 1.52. The van der Waals surface area contributed by atoms with Crippen molar-refractivity contribution in [1.29, 1.82) is 0 Å². The number of carboxylic acid groups (broad SMARTS) is 1. The number of rotatable bonds is 7. The van der Waals surface area contributed by atoms with Gasteiger partial charge >= 0.3 is 5.97 Å². The molecule has 0 aromatic heterocycles. The van der Waals surface area contributed by atoms with Crippen LogP contribution >= 0.6 is 11.8 Å². The van der Waals surface area contributed by atoms with Gasteiger partial charge < -0.3 is 10.4 Å². The SMILES string of the molecule is O=C(O)CCSCCC(=O)NC1CC1. The maximum atomic E-state index is 11.1. The van der Waals surface area contributed by atoms with Gasteiger partial charge in [0.1, 0.15) is 0 Å². The van der Waals surface area contributed by atoms with Gasteiger partial charge in [-0.2, -0.15) is 11.8 Å². The second kappa shape index (κ2) is 5.90. The van der Waals surface area contributed by atoms with E-state index in [1.807, 2.05) is 0 Å². The molecule has 0 unspecified atom stereocenters. The summed E-state index contributed by atoms with van der Waals surface area (Å²) in [6, 6.07) is 0.423. The normalized spacial score (nSPS) is 15.1. The highest BCUT2D eigenvalue weighted by molar-refractivity contribution is 7.99. The van der Waals surface area contributed by atoms with Crippen molar-refractivity contribution < 1.29 is 14.7 Å². The lowest BCUT2D eigenvalue weighted by molar-refractivity contribution is -0.136. The van der Waals surface area contributed by atoms with Crippen molar-refractivity contribution >= 4 is 23.6 Å². The third-order valence-electron chi connectivity index (χ3n) is 1.88. The Morgan fingerprint density at radius 3 is 2.50 bits per heavy atom. The summed E-state index contributed by atoms with van der Waals surface area (Å²) in [7, 11) is 0. The molecule has 1 aliphatic rings. The number of hydrogen-bond acceptors (Lipinski definition) is 3. The van der Waals surface area contributed by atoms with Crippen molar-refractivity contribution in [2.24, 2.45) is 0 Å². The molecule has 2 N–H and O–H groups in total. The Balaban J connectivity index is 1.87. The van der Waals surface area contributed by atoms with Gasteiger partial charge in [0.05, 0.1) is 6.42 Å². The largest absolute Gasteiger partial charge is 0.481 e. The molecule has 0 aliphatic heterocycles. The predicted molar refractivity (Wildman–Crippen MR) is 55.4 cm³/mol. The average Bonchev–Trinajstić information content (AvgIpc) is 2.87. The first-order chi connectivity index (χ1) is 6.68. The molecule has 0 aromatic carbocycles. The van der Waals surface area contributed by atoms with E-state index in [9.17, 15) is 9.59 Å². The minimum atomic E-state index is -0.778. The summed E-state index contributed by atoms with van der Waals surface area (Å²) < 4.78 is 0. The summed E-state index contributed by atoms with van der Waals surface area (Å²) in [5.74, 6) is 0.619. The molecule has 14 heavy (non-hydrogen) atoms. The number of carbonyl (C=O) groups is 2. The van der Waals surface area contributed by atoms with Gasteiger partial charge in [-0.05, 0) is 12.8 Å². The molecule has 1 aliphatic carbocycles. The van der Waals surface area contributed by atoms with Gasteiger partial charge in [-0.25, -0.2) is 0 Å². The Kier molecular flexibility index (Phi) is 4.79. The quantitative estimate of drug-likeness (QED) is 0.621. The van der Waals surface area contributed by atoms with Gasteiger partial charge in [0, 0.05) is 24.0 Å². The van der Waals surface area contributed by atoms with Gasteiger partial charge in [-0.1, -0.05) is 0 Å². The molecule has 0 radical (unpaired) electrons. The lowest BCUT2D eigenvalue weighted by Crippen LogP contribution is -2.25. The van der Waals surface area contributed by atoms with E-state index >= 15 is 0 Å². The summed E-state index contributed by atoms with van der Waals surface area (Å²) in [4.78, 5) is 21.3. The standard InChI is InChI=1S/C9H15NO3S/c11-8(10-7-1-2-7)3-5-14-6-4-9(12)13/h7H,1-6H2,(H,10,11)(H,12,13).